The van der Waals surface area contributed by atoms with Gasteiger partial charge in [0, 0.05) is 23.4 Å². The SMILES string of the molecule is CC(C)(CCCCl)CNCc1ccc(Br)cc1. The lowest BCUT2D eigenvalue weighted by Crippen LogP contribution is -2.29. The first kappa shape index (κ1) is 15.0. The quantitative estimate of drug-likeness (QED) is 0.725. The molecule has 0 bridgehead atoms. The fourth-order valence-electron chi connectivity index (χ4n) is 1.78. The Morgan fingerprint density at radius 3 is 2.47 bits per heavy atom. The van der Waals surface area contributed by atoms with E-state index in [1.54, 1.807) is 0 Å². The second kappa shape index (κ2) is 7.40. The number of rotatable bonds is 7. The number of hydrogen-bond acceptors (Lipinski definition) is 1. The molecule has 96 valence electrons. The molecule has 0 aliphatic heterocycles. The summed E-state index contributed by atoms with van der Waals surface area (Å²) in [7, 11) is 0. The largest absolute Gasteiger partial charge is 0.312 e. The number of nitrogens with one attached hydrogen (secondary N) is 1. The Balaban J connectivity index is 2.29. The smallest absolute Gasteiger partial charge is 0.0223 e. The van der Waals surface area contributed by atoms with Crippen molar-refractivity contribution in [2.24, 2.45) is 5.41 Å². The molecule has 0 fully saturated rings. The highest BCUT2D eigenvalue weighted by atomic mass is 79.9. The average molecular weight is 319 g/mol. The van der Waals surface area contributed by atoms with Crippen molar-refractivity contribution in [2.75, 3.05) is 12.4 Å². The highest BCUT2D eigenvalue weighted by molar-refractivity contribution is 9.10. The summed E-state index contributed by atoms with van der Waals surface area (Å²) >= 11 is 9.17. The molecule has 0 unspecified atom stereocenters. The summed E-state index contributed by atoms with van der Waals surface area (Å²) in [6, 6.07) is 8.44. The Morgan fingerprint density at radius 1 is 1.24 bits per heavy atom. The molecule has 0 radical (unpaired) electrons. The highest BCUT2D eigenvalue weighted by Crippen LogP contribution is 2.21. The van der Waals surface area contributed by atoms with Crippen molar-refractivity contribution in [1.82, 2.24) is 5.32 Å². The summed E-state index contributed by atoms with van der Waals surface area (Å²) in [4.78, 5) is 0. The number of benzene rings is 1. The summed E-state index contributed by atoms with van der Waals surface area (Å²) in [6.07, 6.45) is 2.26. The fraction of sp³-hybridized carbons (Fsp3) is 0.571. The van der Waals surface area contributed by atoms with E-state index >= 15 is 0 Å². The van der Waals surface area contributed by atoms with Gasteiger partial charge in [-0.25, -0.2) is 0 Å². The Bertz CT molecular complexity index is 321. The Labute approximate surface area is 118 Å². The van der Waals surface area contributed by atoms with Crippen LogP contribution in [0.25, 0.3) is 0 Å². The van der Waals surface area contributed by atoms with Crippen LogP contribution in [0.5, 0.6) is 0 Å². The zero-order valence-corrected chi connectivity index (χ0v) is 12.9. The number of halogens is 2. The fourth-order valence-corrected chi connectivity index (χ4v) is 2.18. The van der Waals surface area contributed by atoms with Crippen LogP contribution >= 0.6 is 27.5 Å². The second-order valence-corrected chi connectivity index (χ2v) is 6.48. The molecule has 1 rings (SSSR count). The van der Waals surface area contributed by atoms with Crippen LogP contribution in [0.15, 0.2) is 28.7 Å². The lowest BCUT2D eigenvalue weighted by Gasteiger charge is -2.24. The maximum absolute atomic E-state index is 5.73. The van der Waals surface area contributed by atoms with E-state index in [2.05, 4.69) is 59.4 Å². The first-order valence-corrected chi connectivity index (χ1v) is 7.37. The molecule has 0 saturated carbocycles. The normalized spacial score (nSPS) is 11.8. The van der Waals surface area contributed by atoms with Crippen molar-refractivity contribution in [2.45, 2.75) is 33.2 Å². The predicted octanol–water partition coefficient (Wildman–Crippen LogP) is 4.58. The molecule has 0 atom stereocenters. The molecule has 0 spiro atoms. The molecule has 0 aliphatic carbocycles. The molecule has 1 N–H and O–H groups in total. The second-order valence-electron chi connectivity index (χ2n) is 5.19. The van der Waals surface area contributed by atoms with Gasteiger partial charge in [-0.05, 0) is 36.0 Å². The van der Waals surface area contributed by atoms with E-state index in [1.165, 1.54) is 12.0 Å². The minimum atomic E-state index is 0.324. The minimum absolute atomic E-state index is 0.324. The first-order chi connectivity index (χ1) is 8.03. The number of alkyl halides is 1. The van der Waals surface area contributed by atoms with Gasteiger partial charge in [-0.15, -0.1) is 11.6 Å². The maximum atomic E-state index is 5.73. The molecule has 1 aromatic carbocycles. The van der Waals surface area contributed by atoms with Gasteiger partial charge >= 0.3 is 0 Å². The summed E-state index contributed by atoms with van der Waals surface area (Å²) in [6.45, 7) is 6.53. The van der Waals surface area contributed by atoms with Gasteiger partial charge in [0.1, 0.15) is 0 Å². The topological polar surface area (TPSA) is 12.0 Å². The molecule has 17 heavy (non-hydrogen) atoms. The summed E-state index contributed by atoms with van der Waals surface area (Å²) < 4.78 is 1.13. The summed E-state index contributed by atoms with van der Waals surface area (Å²) in [5.74, 6) is 0.760. The molecule has 0 saturated heterocycles. The van der Waals surface area contributed by atoms with Gasteiger partial charge in [-0.2, -0.15) is 0 Å². The predicted molar refractivity (Wildman–Crippen MR) is 79.6 cm³/mol. The zero-order valence-electron chi connectivity index (χ0n) is 10.6. The molecule has 1 nitrogen and oxygen atoms in total. The average Bonchev–Trinajstić information content (AvgIpc) is 2.29. The molecule has 1 aromatic rings. The van der Waals surface area contributed by atoms with E-state index in [4.69, 9.17) is 11.6 Å². The molecular weight excluding hydrogens is 298 g/mol. The maximum Gasteiger partial charge on any atom is 0.0223 e. The van der Waals surface area contributed by atoms with Crippen LogP contribution in [0, 0.1) is 5.41 Å². The van der Waals surface area contributed by atoms with Crippen LogP contribution < -0.4 is 5.32 Å². The van der Waals surface area contributed by atoms with Crippen molar-refractivity contribution in [3.05, 3.63) is 34.3 Å². The van der Waals surface area contributed by atoms with Gasteiger partial charge in [0.2, 0.25) is 0 Å². The van der Waals surface area contributed by atoms with E-state index in [0.717, 1.165) is 29.9 Å². The van der Waals surface area contributed by atoms with Crippen LogP contribution in [-0.2, 0) is 6.54 Å². The van der Waals surface area contributed by atoms with E-state index in [0.29, 0.717) is 5.41 Å². The Hall–Kier alpha value is -0.0500. The molecule has 0 aromatic heterocycles. The van der Waals surface area contributed by atoms with Crippen molar-refractivity contribution in [1.29, 1.82) is 0 Å². The van der Waals surface area contributed by atoms with Crippen LogP contribution in [-0.4, -0.2) is 12.4 Å². The van der Waals surface area contributed by atoms with Gasteiger partial charge in [-0.3, -0.25) is 0 Å². The molecule has 0 aliphatic rings. The van der Waals surface area contributed by atoms with Crippen LogP contribution in [0.2, 0.25) is 0 Å². The molecule has 3 heteroatoms. The molecule has 0 heterocycles. The van der Waals surface area contributed by atoms with Gasteiger partial charge in [-0.1, -0.05) is 41.9 Å². The standard InChI is InChI=1S/C14H21BrClN/c1-14(2,8-3-9-16)11-17-10-12-4-6-13(15)7-5-12/h4-7,17H,3,8-11H2,1-2H3. The van der Waals surface area contributed by atoms with Crippen LogP contribution in [0.4, 0.5) is 0 Å². The van der Waals surface area contributed by atoms with Crippen molar-refractivity contribution < 1.29 is 0 Å². The highest BCUT2D eigenvalue weighted by Gasteiger charge is 2.16. The van der Waals surface area contributed by atoms with E-state index in [-0.39, 0.29) is 0 Å². The van der Waals surface area contributed by atoms with E-state index in [9.17, 15) is 0 Å². The third-order valence-electron chi connectivity index (χ3n) is 2.83. The van der Waals surface area contributed by atoms with Gasteiger partial charge in [0.15, 0.2) is 0 Å². The lowest BCUT2D eigenvalue weighted by atomic mass is 9.88. The van der Waals surface area contributed by atoms with E-state index < -0.39 is 0 Å². The van der Waals surface area contributed by atoms with Gasteiger partial charge < -0.3 is 5.32 Å². The van der Waals surface area contributed by atoms with Gasteiger partial charge in [0.25, 0.3) is 0 Å². The van der Waals surface area contributed by atoms with E-state index in [1.807, 2.05) is 0 Å². The zero-order chi connectivity index (χ0) is 12.7. The third-order valence-corrected chi connectivity index (χ3v) is 3.63. The van der Waals surface area contributed by atoms with Crippen molar-refractivity contribution >= 4 is 27.5 Å². The lowest BCUT2D eigenvalue weighted by molar-refractivity contribution is 0.311. The minimum Gasteiger partial charge on any atom is -0.312 e. The van der Waals surface area contributed by atoms with Crippen LogP contribution in [0.3, 0.4) is 0 Å². The summed E-state index contributed by atoms with van der Waals surface area (Å²) in [5, 5.41) is 3.51. The monoisotopic (exact) mass is 317 g/mol. The Kier molecular flexibility index (Phi) is 6.53. The van der Waals surface area contributed by atoms with Crippen molar-refractivity contribution in [3.8, 4) is 0 Å². The summed E-state index contributed by atoms with van der Waals surface area (Å²) in [5.41, 5.74) is 1.64. The number of hydrogen-bond donors (Lipinski definition) is 1. The molecular formula is C14H21BrClN. The Morgan fingerprint density at radius 2 is 1.88 bits per heavy atom. The first-order valence-electron chi connectivity index (χ1n) is 6.05. The van der Waals surface area contributed by atoms with Gasteiger partial charge in [0.05, 0.1) is 0 Å². The van der Waals surface area contributed by atoms with Crippen LogP contribution in [0.1, 0.15) is 32.3 Å². The molecule has 0 amide bonds. The third kappa shape index (κ3) is 6.44. The van der Waals surface area contributed by atoms with Crippen molar-refractivity contribution in [3.63, 3.8) is 0 Å².